The minimum absolute atomic E-state index is 0.542. The Morgan fingerprint density at radius 3 is 3.30 bits per heavy atom. The fraction of sp³-hybridized carbons (Fsp3) is 0.333. The summed E-state index contributed by atoms with van der Waals surface area (Å²) >= 11 is 0. The lowest BCUT2D eigenvalue weighted by Crippen LogP contribution is -2.26. The van der Waals surface area contributed by atoms with Gasteiger partial charge in [-0.05, 0) is 6.92 Å². The summed E-state index contributed by atoms with van der Waals surface area (Å²) in [6.45, 7) is 2.51. The van der Waals surface area contributed by atoms with Gasteiger partial charge in [0.2, 0.25) is 0 Å². The van der Waals surface area contributed by atoms with Crippen LogP contribution in [0.5, 0.6) is 0 Å². The van der Waals surface area contributed by atoms with Crippen molar-refractivity contribution in [2.24, 2.45) is 15.7 Å². The molecule has 1 aliphatic heterocycles. The highest BCUT2D eigenvalue weighted by molar-refractivity contribution is 5.64. The van der Waals surface area contributed by atoms with E-state index in [2.05, 4.69) is 15.3 Å². The zero-order valence-electron chi connectivity index (χ0n) is 5.83. The second-order valence-electron chi connectivity index (χ2n) is 1.82. The number of nitrogens with one attached hydrogen (secondary N) is 1. The van der Waals surface area contributed by atoms with Crippen LogP contribution in [0.15, 0.2) is 21.6 Å². The number of hydrogen-bond acceptors (Lipinski definition) is 4. The van der Waals surface area contributed by atoms with Crippen LogP contribution in [-0.2, 0) is 0 Å². The smallest absolute Gasteiger partial charge is 0.192 e. The Kier molecular flexibility index (Phi) is 2.04. The lowest BCUT2D eigenvalue weighted by molar-refractivity contribution is 0.858. The van der Waals surface area contributed by atoms with Crippen LogP contribution >= 0.6 is 0 Å². The average Bonchev–Trinajstić information content (AvgIpc) is 1.94. The Hall–Kier alpha value is -1.32. The van der Waals surface area contributed by atoms with Crippen molar-refractivity contribution in [2.75, 3.05) is 6.54 Å². The van der Waals surface area contributed by atoms with Crippen LogP contribution in [0, 0.1) is 0 Å². The summed E-state index contributed by atoms with van der Waals surface area (Å²) in [6, 6.07) is 0. The second-order valence-corrected chi connectivity index (χ2v) is 1.82. The van der Waals surface area contributed by atoms with Gasteiger partial charge in [-0.1, -0.05) is 0 Å². The van der Waals surface area contributed by atoms with Crippen LogP contribution in [0.3, 0.4) is 0 Å². The van der Waals surface area contributed by atoms with E-state index in [9.17, 15) is 0 Å². The first kappa shape index (κ1) is 6.80. The van der Waals surface area contributed by atoms with E-state index in [0.29, 0.717) is 18.2 Å². The molecule has 54 valence electrons. The van der Waals surface area contributed by atoms with Gasteiger partial charge >= 0.3 is 0 Å². The molecule has 0 saturated carbocycles. The quantitative estimate of drug-likeness (QED) is 0.494. The van der Waals surface area contributed by atoms with Crippen LogP contribution in [0.1, 0.15) is 6.92 Å². The zero-order chi connectivity index (χ0) is 7.40. The lowest BCUT2D eigenvalue weighted by atomic mass is 10.5. The third kappa shape index (κ3) is 1.34. The number of rotatable bonds is 1. The minimum Gasteiger partial charge on any atom is -0.382 e. The van der Waals surface area contributed by atoms with E-state index in [4.69, 9.17) is 5.73 Å². The van der Waals surface area contributed by atoms with Crippen molar-refractivity contribution in [1.29, 1.82) is 0 Å². The van der Waals surface area contributed by atoms with Crippen LogP contribution in [-0.4, -0.2) is 19.0 Å². The molecule has 0 aliphatic carbocycles. The van der Waals surface area contributed by atoms with Gasteiger partial charge in [-0.3, -0.25) is 0 Å². The Morgan fingerprint density at radius 1 is 1.90 bits per heavy atom. The molecule has 0 saturated heterocycles. The van der Waals surface area contributed by atoms with Gasteiger partial charge in [0.1, 0.15) is 5.82 Å². The Labute approximate surface area is 59.5 Å². The van der Waals surface area contributed by atoms with E-state index in [1.165, 1.54) is 0 Å². The van der Waals surface area contributed by atoms with E-state index in [1.54, 1.807) is 12.4 Å². The van der Waals surface area contributed by atoms with Crippen molar-refractivity contribution in [3.8, 4) is 0 Å². The van der Waals surface area contributed by atoms with Crippen LogP contribution in [0.4, 0.5) is 0 Å². The van der Waals surface area contributed by atoms with E-state index in [-0.39, 0.29) is 0 Å². The molecule has 1 aliphatic rings. The van der Waals surface area contributed by atoms with Crippen molar-refractivity contribution >= 4 is 12.4 Å². The molecule has 4 heteroatoms. The highest BCUT2D eigenvalue weighted by Gasteiger charge is 2.01. The SMILES string of the molecule is C/C=N\C1=C(N)NCC=N1. The first-order valence-electron chi connectivity index (χ1n) is 3.09. The third-order valence-corrected chi connectivity index (χ3v) is 1.09. The fourth-order valence-corrected chi connectivity index (χ4v) is 0.661. The normalized spacial score (nSPS) is 18.1. The summed E-state index contributed by atoms with van der Waals surface area (Å²) < 4.78 is 0. The molecule has 0 bridgehead atoms. The molecule has 1 rings (SSSR count). The molecule has 0 aromatic heterocycles. The van der Waals surface area contributed by atoms with Gasteiger partial charge in [-0.2, -0.15) is 0 Å². The second kappa shape index (κ2) is 3.00. The van der Waals surface area contributed by atoms with E-state index >= 15 is 0 Å². The van der Waals surface area contributed by atoms with Gasteiger partial charge < -0.3 is 11.1 Å². The third-order valence-electron chi connectivity index (χ3n) is 1.09. The maximum absolute atomic E-state index is 5.51. The maximum Gasteiger partial charge on any atom is 0.192 e. The van der Waals surface area contributed by atoms with Gasteiger partial charge in [-0.15, -0.1) is 0 Å². The van der Waals surface area contributed by atoms with Crippen molar-refractivity contribution in [1.82, 2.24) is 5.32 Å². The van der Waals surface area contributed by atoms with Gasteiger partial charge in [0.25, 0.3) is 0 Å². The molecule has 3 N–H and O–H groups in total. The Bertz CT molecular complexity index is 198. The molecule has 0 amide bonds. The Morgan fingerprint density at radius 2 is 2.70 bits per heavy atom. The molecule has 0 aromatic rings. The van der Waals surface area contributed by atoms with Gasteiger partial charge in [0.15, 0.2) is 5.82 Å². The maximum atomic E-state index is 5.51. The molecule has 0 fully saturated rings. The van der Waals surface area contributed by atoms with Gasteiger partial charge in [0.05, 0.1) is 6.54 Å². The minimum atomic E-state index is 0.542. The van der Waals surface area contributed by atoms with Crippen molar-refractivity contribution in [3.05, 3.63) is 11.6 Å². The summed E-state index contributed by atoms with van der Waals surface area (Å²) in [5.41, 5.74) is 5.51. The van der Waals surface area contributed by atoms with Crippen molar-refractivity contribution in [3.63, 3.8) is 0 Å². The van der Waals surface area contributed by atoms with Crippen LogP contribution < -0.4 is 11.1 Å². The molecule has 0 radical (unpaired) electrons. The highest BCUT2D eigenvalue weighted by Crippen LogP contribution is 2.01. The first-order chi connectivity index (χ1) is 4.84. The Balaban J connectivity index is 2.79. The van der Waals surface area contributed by atoms with Crippen molar-refractivity contribution in [2.45, 2.75) is 6.92 Å². The number of hydrogen-bond donors (Lipinski definition) is 2. The molecule has 0 atom stereocenters. The zero-order valence-corrected chi connectivity index (χ0v) is 5.83. The molecular weight excluding hydrogens is 128 g/mol. The molecule has 10 heavy (non-hydrogen) atoms. The van der Waals surface area contributed by atoms with E-state index < -0.39 is 0 Å². The van der Waals surface area contributed by atoms with E-state index in [0.717, 1.165) is 0 Å². The number of nitrogens with two attached hydrogens (primary N) is 1. The predicted molar refractivity (Wildman–Crippen MR) is 41.9 cm³/mol. The van der Waals surface area contributed by atoms with Crippen LogP contribution in [0.2, 0.25) is 0 Å². The monoisotopic (exact) mass is 138 g/mol. The number of aliphatic imine (C=N–C) groups is 2. The molecule has 0 unspecified atom stereocenters. The topological polar surface area (TPSA) is 62.8 Å². The van der Waals surface area contributed by atoms with Crippen molar-refractivity contribution < 1.29 is 0 Å². The largest absolute Gasteiger partial charge is 0.382 e. The van der Waals surface area contributed by atoms with Gasteiger partial charge in [0, 0.05) is 12.4 Å². The summed E-state index contributed by atoms with van der Waals surface area (Å²) in [7, 11) is 0. The summed E-state index contributed by atoms with van der Waals surface area (Å²) in [4.78, 5) is 7.90. The highest BCUT2D eigenvalue weighted by atomic mass is 15.1. The molecular formula is C6H10N4. The molecule has 0 spiro atoms. The fourth-order valence-electron chi connectivity index (χ4n) is 0.661. The molecule has 1 heterocycles. The van der Waals surface area contributed by atoms with E-state index in [1.807, 2.05) is 6.92 Å². The summed E-state index contributed by atoms with van der Waals surface area (Å²) in [6.07, 6.45) is 3.39. The molecule has 0 aromatic carbocycles. The average molecular weight is 138 g/mol. The first-order valence-corrected chi connectivity index (χ1v) is 3.09. The van der Waals surface area contributed by atoms with Gasteiger partial charge in [-0.25, -0.2) is 9.98 Å². The molecule has 4 nitrogen and oxygen atoms in total. The summed E-state index contributed by atoms with van der Waals surface area (Å²) in [5, 5.41) is 2.91. The predicted octanol–water partition coefficient (Wildman–Crippen LogP) is -0.164. The standard InChI is InChI=1S/C6H10N4/c1-2-8-6-5(7)9-3-4-10-6/h2,4,9H,3,7H2,1H3/b8-2-. The lowest BCUT2D eigenvalue weighted by Gasteiger charge is -2.08. The summed E-state index contributed by atoms with van der Waals surface area (Å²) in [5.74, 6) is 1.11. The number of nitrogens with zero attached hydrogens (tertiary/aromatic N) is 2. The van der Waals surface area contributed by atoms with Crippen LogP contribution in [0.25, 0.3) is 0 Å².